The third kappa shape index (κ3) is 2.89. The molecule has 0 radical (unpaired) electrons. The molecule has 6 heteroatoms. The minimum Gasteiger partial charge on any atom is -0.166 e. The number of hydrogen-bond acceptors (Lipinski definition) is 0. The Balaban J connectivity index is 3.24. The fourth-order valence-corrected chi connectivity index (χ4v) is 1.61. The van der Waals surface area contributed by atoms with Crippen LogP contribution in [-0.4, -0.2) is 6.18 Å². The lowest BCUT2D eigenvalue weighted by Gasteiger charge is -2.11. The van der Waals surface area contributed by atoms with Crippen LogP contribution in [0.3, 0.4) is 0 Å². The van der Waals surface area contributed by atoms with Crippen molar-refractivity contribution >= 4 is 44.7 Å². The third-order valence-electron chi connectivity index (χ3n) is 1.67. The number of halogens is 6. The van der Waals surface area contributed by atoms with E-state index < -0.39 is 11.7 Å². The molecule has 0 aliphatic heterocycles. The van der Waals surface area contributed by atoms with Gasteiger partial charge in [-0.2, -0.15) is 13.2 Å². The van der Waals surface area contributed by atoms with Crippen LogP contribution in [0.25, 0.3) is 5.57 Å². The third-order valence-corrected chi connectivity index (χ3v) is 3.58. The van der Waals surface area contributed by atoms with Gasteiger partial charge in [0.05, 0.1) is 20.1 Å². The molecule has 0 atom stereocenters. The average molecular weight is 320 g/mol. The standard InChI is InChI=1S/C9H4BrCl2F3/c1-4(9(13,14)15)5-2-6(11)8(10)7(12)3-5/h2-3H,1H2. The molecule has 0 aromatic heterocycles. The zero-order valence-electron chi connectivity index (χ0n) is 7.13. The average Bonchev–Trinajstić information content (AvgIpc) is 2.10. The molecular weight excluding hydrogens is 316 g/mol. The van der Waals surface area contributed by atoms with Gasteiger partial charge in [-0.05, 0) is 33.6 Å². The second kappa shape index (κ2) is 4.36. The van der Waals surface area contributed by atoms with Crippen molar-refractivity contribution < 1.29 is 13.2 Å². The van der Waals surface area contributed by atoms with Crippen LogP contribution >= 0.6 is 39.1 Å². The van der Waals surface area contributed by atoms with Gasteiger partial charge in [0.1, 0.15) is 0 Å². The van der Waals surface area contributed by atoms with E-state index in [9.17, 15) is 13.2 Å². The van der Waals surface area contributed by atoms with E-state index in [0.29, 0.717) is 4.47 Å². The summed E-state index contributed by atoms with van der Waals surface area (Å²) in [6.45, 7) is 2.95. The van der Waals surface area contributed by atoms with Crippen LogP contribution in [0.2, 0.25) is 10.0 Å². The Bertz CT molecular complexity index is 389. The Morgan fingerprint density at radius 2 is 1.60 bits per heavy atom. The van der Waals surface area contributed by atoms with Gasteiger partial charge in [-0.1, -0.05) is 29.8 Å². The van der Waals surface area contributed by atoms with Crippen molar-refractivity contribution in [2.75, 3.05) is 0 Å². The maximum atomic E-state index is 12.3. The van der Waals surface area contributed by atoms with Gasteiger partial charge in [0.25, 0.3) is 0 Å². The zero-order valence-corrected chi connectivity index (χ0v) is 10.2. The van der Waals surface area contributed by atoms with Crippen molar-refractivity contribution in [2.24, 2.45) is 0 Å². The summed E-state index contributed by atoms with van der Waals surface area (Å²) in [6.07, 6.45) is -4.49. The summed E-state index contributed by atoms with van der Waals surface area (Å²) in [5.41, 5.74) is -1.11. The van der Waals surface area contributed by atoms with Crippen molar-refractivity contribution in [2.45, 2.75) is 6.18 Å². The van der Waals surface area contributed by atoms with Gasteiger partial charge < -0.3 is 0 Å². The molecule has 0 aliphatic carbocycles. The molecule has 0 saturated carbocycles. The Morgan fingerprint density at radius 1 is 1.20 bits per heavy atom. The summed E-state index contributed by atoms with van der Waals surface area (Å²) in [7, 11) is 0. The molecule has 1 rings (SSSR count). The monoisotopic (exact) mass is 318 g/mol. The highest BCUT2D eigenvalue weighted by molar-refractivity contribution is 9.10. The SMILES string of the molecule is C=C(c1cc(Cl)c(Br)c(Cl)c1)C(F)(F)F. The summed E-state index contributed by atoms with van der Waals surface area (Å²) < 4.78 is 37.3. The van der Waals surface area contributed by atoms with Crippen molar-refractivity contribution in [3.8, 4) is 0 Å². The fourth-order valence-electron chi connectivity index (χ4n) is 0.893. The lowest BCUT2D eigenvalue weighted by molar-refractivity contribution is -0.0686. The van der Waals surface area contributed by atoms with Crippen LogP contribution in [-0.2, 0) is 0 Å². The van der Waals surface area contributed by atoms with Gasteiger partial charge in [0.15, 0.2) is 0 Å². The summed E-state index contributed by atoms with van der Waals surface area (Å²) in [6, 6.07) is 2.32. The topological polar surface area (TPSA) is 0 Å². The van der Waals surface area contributed by atoms with E-state index in [1.165, 1.54) is 0 Å². The van der Waals surface area contributed by atoms with Crippen molar-refractivity contribution in [1.29, 1.82) is 0 Å². The molecule has 0 spiro atoms. The first-order chi connectivity index (χ1) is 6.73. The van der Waals surface area contributed by atoms with Crippen LogP contribution in [0.1, 0.15) is 5.56 Å². The zero-order chi connectivity index (χ0) is 11.8. The second-order valence-electron chi connectivity index (χ2n) is 2.73. The molecule has 1 aromatic rings. The number of allylic oxidation sites excluding steroid dienone is 1. The van der Waals surface area contributed by atoms with Gasteiger partial charge >= 0.3 is 6.18 Å². The molecular formula is C9H4BrCl2F3. The first-order valence-electron chi connectivity index (χ1n) is 3.64. The Morgan fingerprint density at radius 3 is 1.93 bits per heavy atom. The molecule has 0 heterocycles. The molecule has 0 saturated heterocycles. The van der Waals surface area contributed by atoms with Crippen molar-refractivity contribution in [1.82, 2.24) is 0 Å². The Labute approximate surface area is 103 Å². The van der Waals surface area contributed by atoms with E-state index in [0.717, 1.165) is 12.1 Å². The van der Waals surface area contributed by atoms with E-state index in [2.05, 4.69) is 22.5 Å². The van der Waals surface area contributed by atoms with Crippen LogP contribution < -0.4 is 0 Å². The van der Waals surface area contributed by atoms with E-state index >= 15 is 0 Å². The first-order valence-corrected chi connectivity index (χ1v) is 5.19. The second-order valence-corrected chi connectivity index (χ2v) is 4.34. The van der Waals surface area contributed by atoms with Crippen LogP contribution in [0.15, 0.2) is 23.2 Å². The summed E-state index contributed by atoms with van der Waals surface area (Å²) in [5.74, 6) is 0. The van der Waals surface area contributed by atoms with Gasteiger partial charge in [0, 0.05) is 0 Å². The van der Waals surface area contributed by atoms with Crippen LogP contribution in [0, 0.1) is 0 Å². The fraction of sp³-hybridized carbons (Fsp3) is 0.111. The summed E-state index contributed by atoms with van der Waals surface area (Å²) in [4.78, 5) is 0. The molecule has 0 amide bonds. The molecule has 0 bridgehead atoms. The quantitative estimate of drug-likeness (QED) is 0.614. The Hall–Kier alpha value is -0.190. The van der Waals surface area contributed by atoms with E-state index in [1.807, 2.05) is 0 Å². The van der Waals surface area contributed by atoms with E-state index in [1.54, 1.807) is 0 Å². The lowest BCUT2D eigenvalue weighted by atomic mass is 10.1. The van der Waals surface area contributed by atoms with Crippen molar-refractivity contribution in [3.63, 3.8) is 0 Å². The number of alkyl halides is 3. The molecule has 0 N–H and O–H groups in total. The normalized spacial score (nSPS) is 11.6. The number of benzene rings is 1. The summed E-state index contributed by atoms with van der Waals surface area (Å²) in [5, 5.41) is 0.228. The van der Waals surface area contributed by atoms with Gasteiger partial charge in [0.2, 0.25) is 0 Å². The largest absolute Gasteiger partial charge is 0.416 e. The number of hydrogen-bond donors (Lipinski definition) is 0. The minimum atomic E-state index is -4.49. The lowest BCUT2D eigenvalue weighted by Crippen LogP contribution is -2.09. The van der Waals surface area contributed by atoms with Crippen molar-refractivity contribution in [3.05, 3.63) is 38.8 Å². The van der Waals surface area contributed by atoms with E-state index in [-0.39, 0.29) is 15.6 Å². The van der Waals surface area contributed by atoms with E-state index in [4.69, 9.17) is 23.2 Å². The minimum absolute atomic E-state index is 0.114. The van der Waals surface area contributed by atoms with Gasteiger partial charge in [-0.25, -0.2) is 0 Å². The van der Waals surface area contributed by atoms with Gasteiger partial charge in [-0.15, -0.1) is 0 Å². The predicted molar refractivity (Wildman–Crippen MR) is 59.3 cm³/mol. The molecule has 1 aromatic carbocycles. The van der Waals surface area contributed by atoms with Crippen LogP contribution in [0.4, 0.5) is 13.2 Å². The smallest absolute Gasteiger partial charge is 0.166 e. The Kier molecular flexibility index (Phi) is 3.74. The highest BCUT2D eigenvalue weighted by Crippen LogP contribution is 2.38. The predicted octanol–water partition coefficient (Wildman–Crippen LogP) is 5.33. The maximum absolute atomic E-state index is 12.3. The maximum Gasteiger partial charge on any atom is 0.416 e. The van der Waals surface area contributed by atoms with Gasteiger partial charge in [-0.3, -0.25) is 0 Å². The highest BCUT2D eigenvalue weighted by Gasteiger charge is 2.33. The molecule has 0 nitrogen and oxygen atoms in total. The molecule has 0 unspecified atom stereocenters. The highest BCUT2D eigenvalue weighted by atomic mass is 79.9. The summed E-state index contributed by atoms with van der Waals surface area (Å²) >= 11 is 14.4. The molecule has 0 aliphatic rings. The molecule has 15 heavy (non-hydrogen) atoms. The van der Waals surface area contributed by atoms with Crippen LogP contribution in [0.5, 0.6) is 0 Å². The number of rotatable bonds is 1. The first kappa shape index (κ1) is 12.9. The molecule has 0 fully saturated rings. The molecule has 82 valence electrons.